The highest BCUT2D eigenvalue weighted by molar-refractivity contribution is 5.89. The first-order valence-electron chi connectivity index (χ1n) is 10.3. The summed E-state index contributed by atoms with van der Waals surface area (Å²) in [5.74, 6) is 0.352. The summed E-state index contributed by atoms with van der Waals surface area (Å²) in [4.78, 5) is 14.6. The predicted octanol–water partition coefficient (Wildman–Crippen LogP) is 5.27. The van der Waals surface area contributed by atoms with Crippen molar-refractivity contribution >= 4 is 11.7 Å². The van der Waals surface area contributed by atoms with Crippen LogP contribution in [0.3, 0.4) is 0 Å². The van der Waals surface area contributed by atoms with E-state index in [2.05, 4.69) is 5.32 Å². The Kier molecular flexibility index (Phi) is 8.07. The maximum Gasteiger partial charge on any atom is 0.322 e. The van der Waals surface area contributed by atoms with E-state index in [1.807, 2.05) is 24.3 Å². The molecule has 0 atom stereocenters. The largest absolute Gasteiger partial charge is 0.497 e. The molecule has 3 aromatic rings. The molecule has 0 radical (unpaired) electrons. The van der Waals surface area contributed by atoms with Crippen LogP contribution in [0.1, 0.15) is 11.1 Å². The van der Waals surface area contributed by atoms with Gasteiger partial charge in [0.25, 0.3) is 0 Å². The Morgan fingerprint density at radius 1 is 0.848 bits per heavy atom. The Balaban J connectivity index is 1.78. The number of hydrogen-bond acceptors (Lipinski definition) is 4. The van der Waals surface area contributed by atoms with Gasteiger partial charge in [0.1, 0.15) is 17.4 Å². The van der Waals surface area contributed by atoms with Crippen LogP contribution in [0.4, 0.5) is 19.3 Å². The van der Waals surface area contributed by atoms with Crippen molar-refractivity contribution in [3.8, 4) is 17.2 Å². The molecular weight excluding hydrogens is 430 g/mol. The van der Waals surface area contributed by atoms with E-state index in [0.717, 1.165) is 23.3 Å². The number of amides is 2. The summed E-state index contributed by atoms with van der Waals surface area (Å²) in [6.07, 6.45) is 0.524. The van der Waals surface area contributed by atoms with E-state index < -0.39 is 17.7 Å². The third-order valence-corrected chi connectivity index (χ3v) is 5.11. The lowest BCUT2D eigenvalue weighted by Crippen LogP contribution is -2.36. The van der Waals surface area contributed by atoms with Gasteiger partial charge >= 0.3 is 6.03 Å². The maximum atomic E-state index is 14.1. The zero-order valence-electron chi connectivity index (χ0n) is 18.7. The first-order chi connectivity index (χ1) is 15.9. The number of rotatable bonds is 9. The van der Waals surface area contributed by atoms with Gasteiger partial charge in [-0.05, 0) is 53.9 Å². The molecule has 0 saturated heterocycles. The first-order valence-corrected chi connectivity index (χ1v) is 10.3. The Bertz CT molecular complexity index is 1090. The first kappa shape index (κ1) is 23.8. The molecule has 3 aromatic carbocycles. The number of anilines is 1. The molecule has 174 valence electrons. The van der Waals surface area contributed by atoms with Crippen molar-refractivity contribution in [1.29, 1.82) is 0 Å². The van der Waals surface area contributed by atoms with E-state index in [1.165, 1.54) is 6.07 Å². The van der Waals surface area contributed by atoms with E-state index >= 15 is 0 Å². The van der Waals surface area contributed by atoms with Gasteiger partial charge in [-0.15, -0.1) is 0 Å². The number of hydrogen-bond donors (Lipinski definition) is 1. The van der Waals surface area contributed by atoms with Gasteiger partial charge in [0.15, 0.2) is 11.5 Å². The highest BCUT2D eigenvalue weighted by Crippen LogP contribution is 2.28. The lowest BCUT2D eigenvalue weighted by Gasteiger charge is -2.24. The number of halogens is 2. The Morgan fingerprint density at radius 3 is 2.18 bits per heavy atom. The zero-order chi connectivity index (χ0) is 23.8. The predicted molar refractivity (Wildman–Crippen MR) is 122 cm³/mol. The van der Waals surface area contributed by atoms with E-state index in [4.69, 9.17) is 14.2 Å². The van der Waals surface area contributed by atoms with Gasteiger partial charge in [0.2, 0.25) is 0 Å². The second-order valence-corrected chi connectivity index (χ2v) is 7.26. The van der Waals surface area contributed by atoms with Crippen molar-refractivity contribution in [2.45, 2.75) is 13.0 Å². The van der Waals surface area contributed by atoms with Crippen molar-refractivity contribution in [1.82, 2.24) is 4.90 Å². The highest BCUT2D eigenvalue weighted by atomic mass is 19.1. The minimum Gasteiger partial charge on any atom is -0.497 e. The van der Waals surface area contributed by atoms with Gasteiger partial charge in [-0.3, -0.25) is 0 Å². The van der Waals surface area contributed by atoms with E-state index in [0.29, 0.717) is 30.2 Å². The Hall–Kier alpha value is -3.81. The van der Waals surface area contributed by atoms with Gasteiger partial charge in [0.05, 0.1) is 27.0 Å². The molecule has 0 unspecified atom stereocenters. The number of benzene rings is 3. The molecule has 8 heteroatoms. The zero-order valence-corrected chi connectivity index (χ0v) is 18.7. The number of methoxy groups -OCH3 is 3. The van der Waals surface area contributed by atoms with Crippen molar-refractivity contribution < 1.29 is 27.8 Å². The van der Waals surface area contributed by atoms with Gasteiger partial charge < -0.3 is 24.4 Å². The number of carbonyl (C=O) groups is 1. The molecule has 1 N–H and O–H groups in total. The summed E-state index contributed by atoms with van der Waals surface area (Å²) in [6.45, 7) is 0.627. The summed E-state index contributed by atoms with van der Waals surface area (Å²) in [7, 11) is 4.70. The van der Waals surface area contributed by atoms with Crippen LogP contribution in [-0.4, -0.2) is 38.8 Å². The van der Waals surface area contributed by atoms with Crippen LogP contribution in [0.15, 0.2) is 60.7 Å². The van der Waals surface area contributed by atoms with Crippen LogP contribution in [0.5, 0.6) is 17.2 Å². The number of nitrogens with one attached hydrogen (secondary N) is 1. The third-order valence-electron chi connectivity index (χ3n) is 5.11. The molecule has 6 nitrogen and oxygen atoms in total. The Morgan fingerprint density at radius 2 is 1.55 bits per heavy atom. The molecule has 0 spiro atoms. The van der Waals surface area contributed by atoms with Gasteiger partial charge in [-0.25, -0.2) is 13.6 Å². The standard InChI is InChI=1S/C25H26F2N2O4/c1-31-20-8-4-18(5-9-20)16-29(25(30)28-22-10-7-19(26)15-21(22)27)13-12-17-6-11-23(32-2)24(14-17)33-3/h4-11,14-15H,12-13,16H2,1-3H3,(H,28,30). The third kappa shape index (κ3) is 6.35. The van der Waals surface area contributed by atoms with Crippen molar-refractivity contribution in [2.75, 3.05) is 33.2 Å². The molecule has 33 heavy (non-hydrogen) atoms. The van der Waals surface area contributed by atoms with Gasteiger partial charge in [0, 0.05) is 19.2 Å². The number of carbonyl (C=O) groups excluding carboxylic acids is 1. The average molecular weight is 456 g/mol. The topological polar surface area (TPSA) is 60.0 Å². The summed E-state index contributed by atoms with van der Waals surface area (Å²) >= 11 is 0. The van der Waals surface area contributed by atoms with Crippen molar-refractivity contribution in [3.05, 3.63) is 83.4 Å². The monoisotopic (exact) mass is 456 g/mol. The van der Waals surface area contributed by atoms with Crippen LogP contribution in [0, 0.1) is 11.6 Å². The molecule has 0 heterocycles. The lowest BCUT2D eigenvalue weighted by atomic mass is 10.1. The molecule has 0 aliphatic carbocycles. The molecular formula is C25H26F2N2O4. The van der Waals surface area contributed by atoms with E-state index in [-0.39, 0.29) is 12.2 Å². The Labute approximate surface area is 191 Å². The smallest absolute Gasteiger partial charge is 0.322 e. The molecule has 0 aromatic heterocycles. The minimum absolute atomic E-state index is 0.0905. The quantitative estimate of drug-likeness (QED) is 0.477. The second-order valence-electron chi connectivity index (χ2n) is 7.26. The number of ether oxygens (including phenoxy) is 3. The summed E-state index contributed by atoms with van der Waals surface area (Å²) in [5.41, 5.74) is 1.72. The van der Waals surface area contributed by atoms with Crippen molar-refractivity contribution in [2.24, 2.45) is 0 Å². The molecule has 0 saturated carbocycles. The molecule has 0 bridgehead atoms. The number of nitrogens with zero attached hydrogens (tertiary/aromatic N) is 1. The molecule has 0 aliphatic heterocycles. The van der Waals surface area contributed by atoms with E-state index in [9.17, 15) is 13.6 Å². The van der Waals surface area contributed by atoms with E-state index in [1.54, 1.807) is 44.4 Å². The summed E-state index contributed by atoms with van der Waals surface area (Å²) in [5, 5.41) is 2.53. The minimum atomic E-state index is -0.840. The molecule has 3 rings (SSSR count). The lowest BCUT2D eigenvalue weighted by molar-refractivity contribution is 0.209. The fourth-order valence-corrected chi connectivity index (χ4v) is 3.29. The van der Waals surface area contributed by atoms with Crippen molar-refractivity contribution in [3.63, 3.8) is 0 Å². The average Bonchev–Trinajstić information content (AvgIpc) is 2.83. The second kappa shape index (κ2) is 11.2. The molecule has 2 amide bonds. The van der Waals surface area contributed by atoms with Crippen LogP contribution in [0.25, 0.3) is 0 Å². The molecule has 0 fully saturated rings. The van der Waals surface area contributed by atoms with Gasteiger partial charge in [-0.1, -0.05) is 18.2 Å². The normalized spacial score (nSPS) is 10.5. The maximum absolute atomic E-state index is 14.1. The number of urea groups is 1. The summed E-state index contributed by atoms with van der Waals surface area (Å²) in [6, 6.07) is 15.4. The van der Waals surface area contributed by atoms with Crippen LogP contribution in [0.2, 0.25) is 0 Å². The SMILES string of the molecule is COc1ccc(CN(CCc2ccc(OC)c(OC)c2)C(=O)Nc2ccc(F)cc2F)cc1. The molecule has 0 aliphatic rings. The summed E-state index contributed by atoms with van der Waals surface area (Å²) < 4.78 is 43.1. The van der Waals surface area contributed by atoms with Crippen LogP contribution in [-0.2, 0) is 13.0 Å². The van der Waals surface area contributed by atoms with Crippen LogP contribution < -0.4 is 19.5 Å². The fraction of sp³-hybridized carbons (Fsp3) is 0.240. The van der Waals surface area contributed by atoms with Crippen LogP contribution >= 0.6 is 0 Å². The highest BCUT2D eigenvalue weighted by Gasteiger charge is 2.17. The van der Waals surface area contributed by atoms with Gasteiger partial charge in [-0.2, -0.15) is 0 Å². The fourth-order valence-electron chi connectivity index (χ4n) is 3.29.